The Morgan fingerprint density at radius 1 is 1.54 bits per heavy atom. The van der Waals surface area contributed by atoms with E-state index in [0.717, 1.165) is 0 Å². The van der Waals surface area contributed by atoms with Crippen LogP contribution in [0.1, 0.15) is 25.6 Å². The van der Waals surface area contributed by atoms with Gasteiger partial charge in [-0.3, -0.25) is 0 Å². The average Bonchev–Trinajstić information content (AvgIpc) is 2.47. The number of hydrogen-bond acceptors (Lipinski definition) is 5. The molecule has 0 radical (unpaired) electrons. The average molecular weight is 185 g/mol. The molecule has 0 amide bonds. The monoisotopic (exact) mass is 185 g/mol. The minimum Gasteiger partial charge on any atom is -0.384 e. The van der Waals surface area contributed by atoms with Gasteiger partial charge in [0.15, 0.2) is 5.82 Å². The normalized spacial score (nSPS) is 12.0. The second-order valence-corrected chi connectivity index (χ2v) is 3.48. The van der Waals surface area contributed by atoms with Crippen molar-refractivity contribution in [2.45, 2.75) is 25.8 Å². The summed E-state index contributed by atoms with van der Waals surface area (Å²) in [4.78, 5) is 4.14. The van der Waals surface area contributed by atoms with Gasteiger partial charge in [0, 0.05) is 13.5 Å². The molecule has 13 heavy (non-hydrogen) atoms. The molecule has 0 aliphatic rings. The number of nitrogens with two attached hydrogens (primary N) is 1. The number of methoxy groups -OCH3 is 1. The molecular formula is C8H15N3O2. The largest absolute Gasteiger partial charge is 0.384 e. The second-order valence-electron chi connectivity index (χ2n) is 3.48. The van der Waals surface area contributed by atoms with Crippen molar-refractivity contribution in [2.24, 2.45) is 5.73 Å². The lowest BCUT2D eigenvalue weighted by atomic mass is 10.1. The predicted octanol–water partition coefficient (Wildman–Crippen LogP) is 0.452. The van der Waals surface area contributed by atoms with Crippen LogP contribution < -0.4 is 5.73 Å². The first-order valence-corrected chi connectivity index (χ1v) is 4.15. The van der Waals surface area contributed by atoms with Crippen molar-refractivity contribution in [3.05, 3.63) is 11.7 Å². The quantitative estimate of drug-likeness (QED) is 0.737. The minimum absolute atomic E-state index is 0.457. The van der Waals surface area contributed by atoms with Crippen molar-refractivity contribution in [2.75, 3.05) is 13.7 Å². The van der Waals surface area contributed by atoms with Gasteiger partial charge in [-0.15, -0.1) is 0 Å². The fraction of sp³-hybridized carbons (Fsp3) is 0.750. The summed E-state index contributed by atoms with van der Waals surface area (Å²) in [6, 6.07) is 0. The molecule has 5 nitrogen and oxygen atoms in total. The van der Waals surface area contributed by atoms with Crippen LogP contribution in [0.2, 0.25) is 0 Å². The SMILES string of the molecule is COCCc1noc(C(C)(C)N)n1. The highest BCUT2D eigenvalue weighted by Gasteiger charge is 2.21. The number of nitrogens with zero attached hydrogens (tertiary/aromatic N) is 2. The smallest absolute Gasteiger partial charge is 0.246 e. The van der Waals surface area contributed by atoms with Gasteiger partial charge < -0.3 is 15.0 Å². The summed E-state index contributed by atoms with van der Waals surface area (Å²) in [7, 11) is 1.63. The first-order valence-electron chi connectivity index (χ1n) is 4.15. The number of aromatic nitrogens is 2. The standard InChI is InChI=1S/C8H15N3O2/c1-8(2,9)7-10-6(11-13-7)4-5-12-3/h4-5,9H2,1-3H3. The lowest BCUT2D eigenvalue weighted by molar-refractivity contribution is 0.199. The van der Waals surface area contributed by atoms with Crippen molar-refractivity contribution < 1.29 is 9.26 Å². The van der Waals surface area contributed by atoms with E-state index in [-0.39, 0.29) is 0 Å². The van der Waals surface area contributed by atoms with E-state index in [1.165, 1.54) is 0 Å². The van der Waals surface area contributed by atoms with E-state index < -0.39 is 5.54 Å². The molecule has 1 rings (SSSR count). The van der Waals surface area contributed by atoms with Gasteiger partial charge in [0.05, 0.1) is 12.1 Å². The Kier molecular flexibility index (Phi) is 3.00. The predicted molar refractivity (Wildman–Crippen MR) is 47.1 cm³/mol. The molecule has 1 aromatic heterocycles. The highest BCUT2D eigenvalue weighted by atomic mass is 16.5. The van der Waals surface area contributed by atoms with Crippen molar-refractivity contribution in [1.82, 2.24) is 10.1 Å². The van der Waals surface area contributed by atoms with Crippen LogP contribution in [0.25, 0.3) is 0 Å². The molecule has 0 saturated heterocycles. The second kappa shape index (κ2) is 3.85. The number of hydrogen-bond donors (Lipinski definition) is 1. The van der Waals surface area contributed by atoms with Gasteiger partial charge in [0.2, 0.25) is 5.89 Å². The summed E-state index contributed by atoms with van der Waals surface area (Å²) >= 11 is 0. The number of rotatable bonds is 4. The van der Waals surface area contributed by atoms with E-state index in [9.17, 15) is 0 Å². The van der Waals surface area contributed by atoms with Gasteiger partial charge in [-0.1, -0.05) is 5.16 Å². The maximum Gasteiger partial charge on any atom is 0.246 e. The molecule has 74 valence electrons. The van der Waals surface area contributed by atoms with Gasteiger partial charge in [0.1, 0.15) is 0 Å². The molecule has 0 atom stereocenters. The first kappa shape index (κ1) is 10.1. The van der Waals surface area contributed by atoms with E-state index in [4.69, 9.17) is 15.0 Å². The molecule has 1 heterocycles. The Labute approximate surface area is 77.3 Å². The highest BCUT2D eigenvalue weighted by molar-refractivity contribution is 4.97. The molecule has 0 spiro atoms. The summed E-state index contributed by atoms with van der Waals surface area (Å²) in [5.41, 5.74) is 5.20. The summed E-state index contributed by atoms with van der Waals surface area (Å²) in [5, 5.41) is 3.77. The van der Waals surface area contributed by atoms with Crippen LogP contribution in [0.4, 0.5) is 0 Å². The van der Waals surface area contributed by atoms with Crippen molar-refractivity contribution in [3.63, 3.8) is 0 Å². The van der Waals surface area contributed by atoms with E-state index in [1.54, 1.807) is 7.11 Å². The highest BCUT2D eigenvalue weighted by Crippen LogP contribution is 2.13. The van der Waals surface area contributed by atoms with E-state index >= 15 is 0 Å². The van der Waals surface area contributed by atoms with Gasteiger partial charge in [-0.05, 0) is 13.8 Å². The van der Waals surface area contributed by atoms with Gasteiger partial charge in [-0.25, -0.2) is 0 Å². The van der Waals surface area contributed by atoms with E-state index in [2.05, 4.69) is 10.1 Å². The Balaban J connectivity index is 2.64. The van der Waals surface area contributed by atoms with Gasteiger partial charge in [0.25, 0.3) is 0 Å². The van der Waals surface area contributed by atoms with Gasteiger partial charge in [-0.2, -0.15) is 4.98 Å². The third-order valence-electron chi connectivity index (χ3n) is 1.55. The fourth-order valence-electron chi connectivity index (χ4n) is 0.811. The van der Waals surface area contributed by atoms with Crippen molar-refractivity contribution in [3.8, 4) is 0 Å². The molecule has 1 aromatic rings. The van der Waals surface area contributed by atoms with Crippen LogP contribution in [0.3, 0.4) is 0 Å². The van der Waals surface area contributed by atoms with Crippen LogP contribution in [-0.2, 0) is 16.7 Å². The lowest BCUT2D eigenvalue weighted by Gasteiger charge is -2.10. The Bertz CT molecular complexity index is 265. The maximum atomic E-state index is 5.77. The Morgan fingerprint density at radius 2 is 2.23 bits per heavy atom. The minimum atomic E-state index is -0.571. The van der Waals surface area contributed by atoms with Crippen molar-refractivity contribution >= 4 is 0 Å². The van der Waals surface area contributed by atoms with Gasteiger partial charge >= 0.3 is 0 Å². The van der Waals surface area contributed by atoms with E-state index in [0.29, 0.717) is 24.7 Å². The Morgan fingerprint density at radius 3 is 2.69 bits per heavy atom. The zero-order valence-electron chi connectivity index (χ0n) is 8.20. The molecule has 0 saturated carbocycles. The third kappa shape index (κ3) is 2.78. The molecular weight excluding hydrogens is 170 g/mol. The zero-order chi connectivity index (χ0) is 9.90. The Hall–Kier alpha value is -0.940. The summed E-state index contributed by atoms with van der Waals surface area (Å²) in [5.74, 6) is 1.09. The zero-order valence-corrected chi connectivity index (χ0v) is 8.20. The van der Waals surface area contributed by atoms with Crippen LogP contribution in [-0.4, -0.2) is 23.9 Å². The fourth-order valence-corrected chi connectivity index (χ4v) is 0.811. The third-order valence-corrected chi connectivity index (χ3v) is 1.55. The van der Waals surface area contributed by atoms with E-state index in [1.807, 2.05) is 13.8 Å². The van der Waals surface area contributed by atoms with Crippen LogP contribution in [0.15, 0.2) is 4.52 Å². The molecule has 0 unspecified atom stereocenters. The van der Waals surface area contributed by atoms with Crippen LogP contribution >= 0.6 is 0 Å². The molecule has 0 fully saturated rings. The number of ether oxygens (including phenoxy) is 1. The van der Waals surface area contributed by atoms with Crippen LogP contribution in [0, 0.1) is 0 Å². The summed E-state index contributed by atoms with van der Waals surface area (Å²) < 4.78 is 9.87. The first-order chi connectivity index (χ1) is 6.04. The summed E-state index contributed by atoms with van der Waals surface area (Å²) in [6.45, 7) is 4.23. The maximum absolute atomic E-state index is 5.77. The molecule has 2 N–H and O–H groups in total. The molecule has 0 aromatic carbocycles. The topological polar surface area (TPSA) is 74.2 Å². The molecule has 5 heteroatoms. The van der Waals surface area contributed by atoms with Crippen molar-refractivity contribution in [1.29, 1.82) is 0 Å². The van der Waals surface area contributed by atoms with Crippen LogP contribution in [0.5, 0.6) is 0 Å². The molecule has 0 aliphatic heterocycles. The lowest BCUT2D eigenvalue weighted by Crippen LogP contribution is -2.29. The molecule has 0 aliphatic carbocycles. The molecule has 0 bridgehead atoms. The summed E-state index contributed by atoms with van der Waals surface area (Å²) in [6.07, 6.45) is 0.649.